The van der Waals surface area contributed by atoms with E-state index in [9.17, 15) is 22.8 Å². The Kier molecular flexibility index (Phi) is 6.94. The van der Waals surface area contributed by atoms with E-state index in [4.69, 9.17) is 4.74 Å². The van der Waals surface area contributed by atoms with Gasteiger partial charge in [0, 0.05) is 37.9 Å². The molecule has 3 aliphatic rings. The van der Waals surface area contributed by atoms with Crippen molar-refractivity contribution in [2.75, 3.05) is 24.5 Å². The molecule has 1 atom stereocenters. The molecular formula is C25H35F3N4O3. The first-order chi connectivity index (χ1) is 16.4. The van der Waals surface area contributed by atoms with Gasteiger partial charge in [-0.15, -0.1) is 0 Å². The number of hydrogen-bond donors (Lipinski definition) is 1. The van der Waals surface area contributed by atoms with Crippen molar-refractivity contribution in [2.45, 2.75) is 89.6 Å². The SMILES string of the molecule is CC(C)(C)OC(=O)NC1CCC(N2CCC3(CCCN(c4ccc(C(F)(F)F)cn4)C3)C2=O)CC1. The number of anilines is 1. The van der Waals surface area contributed by atoms with Crippen LogP contribution in [0, 0.1) is 5.41 Å². The zero-order valence-electron chi connectivity index (χ0n) is 20.7. The van der Waals surface area contributed by atoms with Crippen LogP contribution in [0.5, 0.6) is 0 Å². The standard InChI is InChI=1S/C25H35F3N4O3/c1-23(2,3)35-22(34)30-18-6-8-19(9-7-18)32-14-12-24(21(32)33)11-4-13-31(16-24)20-10-5-17(15-29-20)25(26,27)28/h5,10,15,18-19H,4,6-9,11-14,16H2,1-3H3,(H,30,34). The van der Waals surface area contributed by atoms with Crippen LogP contribution in [-0.4, -0.2) is 59.2 Å². The number of aromatic nitrogens is 1. The van der Waals surface area contributed by atoms with Crippen molar-refractivity contribution < 1.29 is 27.5 Å². The maximum absolute atomic E-state index is 13.6. The summed E-state index contributed by atoms with van der Waals surface area (Å²) in [4.78, 5) is 33.7. The van der Waals surface area contributed by atoms with Crippen molar-refractivity contribution in [3.05, 3.63) is 23.9 Å². The maximum atomic E-state index is 13.6. The second-order valence-electron chi connectivity index (χ2n) is 11.1. The van der Waals surface area contributed by atoms with E-state index < -0.39 is 28.8 Å². The number of amides is 2. The van der Waals surface area contributed by atoms with E-state index in [1.807, 2.05) is 30.6 Å². The molecule has 0 bridgehead atoms. The molecule has 0 aromatic carbocycles. The van der Waals surface area contributed by atoms with Gasteiger partial charge >= 0.3 is 12.3 Å². The van der Waals surface area contributed by atoms with Crippen LogP contribution in [0.4, 0.5) is 23.8 Å². The van der Waals surface area contributed by atoms with Crippen LogP contribution in [-0.2, 0) is 15.7 Å². The summed E-state index contributed by atoms with van der Waals surface area (Å²) in [7, 11) is 0. The van der Waals surface area contributed by atoms with Gasteiger partial charge in [0.05, 0.1) is 11.0 Å². The third-order valence-electron chi connectivity index (χ3n) is 7.38. The Hall–Kier alpha value is -2.52. The van der Waals surface area contributed by atoms with Gasteiger partial charge in [-0.05, 0) is 77.8 Å². The van der Waals surface area contributed by atoms with Crippen molar-refractivity contribution in [3.8, 4) is 0 Å². The number of carbonyl (C=O) groups excluding carboxylic acids is 2. The summed E-state index contributed by atoms with van der Waals surface area (Å²) in [5.74, 6) is 0.634. The lowest BCUT2D eigenvalue weighted by Gasteiger charge is -2.41. The zero-order valence-corrected chi connectivity index (χ0v) is 20.7. The molecule has 2 aliphatic heterocycles. The minimum atomic E-state index is -4.42. The van der Waals surface area contributed by atoms with Crippen LogP contribution in [0.15, 0.2) is 18.3 Å². The molecule has 1 aromatic rings. The Labute approximate surface area is 204 Å². The summed E-state index contributed by atoms with van der Waals surface area (Å²) < 4.78 is 44.0. The van der Waals surface area contributed by atoms with Crippen molar-refractivity contribution in [1.29, 1.82) is 0 Å². The first-order valence-corrected chi connectivity index (χ1v) is 12.5. The van der Waals surface area contributed by atoms with Crippen LogP contribution in [0.2, 0.25) is 0 Å². The normalized spacial score (nSPS) is 27.9. The van der Waals surface area contributed by atoms with Gasteiger partial charge < -0.3 is 19.9 Å². The quantitative estimate of drug-likeness (QED) is 0.654. The van der Waals surface area contributed by atoms with Crippen molar-refractivity contribution >= 4 is 17.8 Å². The lowest BCUT2D eigenvalue weighted by molar-refractivity contribution is -0.139. The third kappa shape index (κ3) is 5.83. The smallest absolute Gasteiger partial charge is 0.417 e. The van der Waals surface area contributed by atoms with Crippen LogP contribution in [0.25, 0.3) is 0 Å². The summed E-state index contributed by atoms with van der Waals surface area (Å²) in [5, 5.41) is 2.94. The summed E-state index contributed by atoms with van der Waals surface area (Å²) in [6, 6.07) is 2.65. The summed E-state index contributed by atoms with van der Waals surface area (Å²) >= 11 is 0. The van der Waals surface area contributed by atoms with Crippen LogP contribution >= 0.6 is 0 Å². The summed E-state index contributed by atoms with van der Waals surface area (Å²) in [5.41, 5.74) is -1.82. The van der Waals surface area contributed by atoms with Crippen molar-refractivity contribution in [1.82, 2.24) is 15.2 Å². The largest absolute Gasteiger partial charge is 0.444 e. The number of halogens is 3. The van der Waals surface area contributed by atoms with E-state index in [0.717, 1.165) is 57.2 Å². The molecule has 1 aromatic heterocycles. The summed E-state index contributed by atoms with van der Waals surface area (Å²) in [6.07, 6.45) is 1.62. The number of alkyl carbamates (subject to hydrolysis) is 1. The molecule has 3 fully saturated rings. The van der Waals surface area contributed by atoms with E-state index >= 15 is 0 Å². The van der Waals surface area contributed by atoms with E-state index in [1.54, 1.807) is 0 Å². The second kappa shape index (κ2) is 9.50. The molecule has 0 radical (unpaired) electrons. The predicted molar refractivity (Wildman–Crippen MR) is 125 cm³/mol. The van der Waals surface area contributed by atoms with Gasteiger partial charge in [-0.2, -0.15) is 13.2 Å². The molecule has 1 spiro atoms. The molecule has 1 N–H and O–H groups in total. The molecule has 10 heteroatoms. The number of likely N-dealkylation sites (tertiary alicyclic amines) is 1. The van der Waals surface area contributed by atoms with Gasteiger partial charge in [-0.25, -0.2) is 9.78 Å². The Balaban J connectivity index is 1.34. The van der Waals surface area contributed by atoms with Gasteiger partial charge in [0.25, 0.3) is 0 Å². The zero-order chi connectivity index (χ0) is 25.4. The monoisotopic (exact) mass is 496 g/mol. The fourth-order valence-electron chi connectivity index (χ4n) is 5.65. The average Bonchev–Trinajstić information content (AvgIpc) is 3.08. The molecule has 1 saturated carbocycles. The Morgan fingerprint density at radius 2 is 1.83 bits per heavy atom. The van der Waals surface area contributed by atoms with Gasteiger partial charge in [-0.1, -0.05) is 0 Å². The summed E-state index contributed by atoms with van der Waals surface area (Å²) in [6.45, 7) is 7.35. The van der Waals surface area contributed by atoms with E-state index in [2.05, 4.69) is 10.3 Å². The molecule has 7 nitrogen and oxygen atoms in total. The minimum Gasteiger partial charge on any atom is -0.444 e. The van der Waals surface area contributed by atoms with Crippen molar-refractivity contribution in [2.24, 2.45) is 5.41 Å². The molecule has 4 rings (SSSR count). The number of nitrogens with one attached hydrogen (secondary N) is 1. The molecule has 2 amide bonds. The highest BCUT2D eigenvalue weighted by atomic mass is 19.4. The van der Waals surface area contributed by atoms with Gasteiger partial charge in [0.15, 0.2) is 0 Å². The number of pyridine rings is 1. The lowest BCUT2D eigenvalue weighted by atomic mass is 9.78. The Bertz CT molecular complexity index is 923. The number of piperidine rings is 1. The molecule has 2 saturated heterocycles. The topological polar surface area (TPSA) is 74.8 Å². The molecular weight excluding hydrogens is 461 g/mol. The highest BCUT2D eigenvalue weighted by Gasteiger charge is 2.51. The first-order valence-electron chi connectivity index (χ1n) is 12.5. The van der Waals surface area contributed by atoms with Gasteiger partial charge in [-0.3, -0.25) is 4.79 Å². The third-order valence-corrected chi connectivity index (χ3v) is 7.38. The van der Waals surface area contributed by atoms with E-state index in [0.29, 0.717) is 25.5 Å². The van der Waals surface area contributed by atoms with Crippen LogP contribution < -0.4 is 10.2 Å². The lowest BCUT2D eigenvalue weighted by Crippen LogP contribution is -2.51. The second-order valence-corrected chi connectivity index (χ2v) is 11.1. The number of rotatable bonds is 3. The fraction of sp³-hybridized carbons (Fsp3) is 0.720. The molecule has 1 aliphatic carbocycles. The number of nitrogens with zero attached hydrogens (tertiary/aromatic N) is 3. The first kappa shape index (κ1) is 25.6. The highest BCUT2D eigenvalue weighted by molar-refractivity contribution is 5.86. The average molecular weight is 497 g/mol. The molecule has 1 unspecified atom stereocenters. The maximum Gasteiger partial charge on any atom is 0.417 e. The number of ether oxygens (including phenoxy) is 1. The van der Waals surface area contributed by atoms with E-state index in [1.165, 1.54) is 6.07 Å². The van der Waals surface area contributed by atoms with Gasteiger partial charge in [0.1, 0.15) is 11.4 Å². The Morgan fingerprint density at radius 3 is 2.43 bits per heavy atom. The predicted octanol–water partition coefficient (Wildman–Crippen LogP) is 4.76. The van der Waals surface area contributed by atoms with Crippen LogP contribution in [0.3, 0.4) is 0 Å². The van der Waals surface area contributed by atoms with Crippen LogP contribution in [0.1, 0.15) is 71.3 Å². The number of alkyl halides is 3. The van der Waals surface area contributed by atoms with E-state index in [-0.39, 0.29) is 18.0 Å². The van der Waals surface area contributed by atoms with Gasteiger partial charge in [0.2, 0.25) is 5.91 Å². The highest BCUT2D eigenvalue weighted by Crippen LogP contribution is 2.43. The number of carbonyl (C=O) groups is 2. The number of hydrogen-bond acceptors (Lipinski definition) is 5. The molecule has 35 heavy (non-hydrogen) atoms. The fourth-order valence-corrected chi connectivity index (χ4v) is 5.65. The van der Waals surface area contributed by atoms with Crippen molar-refractivity contribution in [3.63, 3.8) is 0 Å². The Morgan fingerprint density at radius 1 is 1.11 bits per heavy atom. The molecule has 194 valence electrons. The minimum absolute atomic E-state index is 0.0451. The molecule has 3 heterocycles.